The lowest BCUT2D eigenvalue weighted by molar-refractivity contribution is 0.112. The van der Waals surface area contributed by atoms with Gasteiger partial charge in [-0.15, -0.1) is 10.2 Å². The van der Waals surface area contributed by atoms with E-state index in [9.17, 15) is 4.79 Å². The van der Waals surface area contributed by atoms with E-state index in [4.69, 9.17) is 10.2 Å². The molecule has 7 nitrogen and oxygen atoms in total. The monoisotopic (exact) mass is 373 g/mol. The standard InChI is InChI=1S/C21H19N5O2/c1-13-4-3-5-16(10-13)20-24-25-21(28-20)18-19(22)26(2)11-17(23-18)15-8-6-14(12-27)7-9-15/h3-10,12H,11,22H2,1-2H3. The highest BCUT2D eigenvalue weighted by Gasteiger charge is 2.24. The molecule has 0 bridgehead atoms. The molecule has 0 saturated heterocycles. The molecule has 0 spiro atoms. The van der Waals surface area contributed by atoms with Gasteiger partial charge in [0.15, 0.2) is 5.70 Å². The Kier molecular flexibility index (Phi) is 4.49. The molecule has 1 aliphatic rings. The number of benzene rings is 2. The summed E-state index contributed by atoms with van der Waals surface area (Å²) in [5, 5.41) is 8.30. The molecule has 3 aromatic rings. The van der Waals surface area contributed by atoms with Crippen molar-refractivity contribution in [2.45, 2.75) is 6.92 Å². The van der Waals surface area contributed by atoms with Gasteiger partial charge >= 0.3 is 0 Å². The summed E-state index contributed by atoms with van der Waals surface area (Å²) in [6.45, 7) is 2.54. The Labute approximate surface area is 162 Å². The number of rotatable bonds is 4. The number of carbonyl (C=O) groups excluding carboxylic acids is 1. The molecule has 1 aromatic heterocycles. The van der Waals surface area contributed by atoms with Gasteiger partial charge < -0.3 is 15.1 Å². The Bertz CT molecular complexity index is 1100. The van der Waals surface area contributed by atoms with Crippen LogP contribution in [0.15, 0.2) is 63.8 Å². The van der Waals surface area contributed by atoms with Gasteiger partial charge in [0, 0.05) is 18.2 Å². The Morgan fingerprint density at radius 1 is 1.07 bits per heavy atom. The molecular weight excluding hydrogens is 354 g/mol. The van der Waals surface area contributed by atoms with Crippen LogP contribution in [-0.2, 0) is 0 Å². The lowest BCUT2D eigenvalue weighted by Gasteiger charge is -2.26. The molecule has 2 aromatic carbocycles. The smallest absolute Gasteiger partial charge is 0.270 e. The van der Waals surface area contributed by atoms with Crippen LogP contribution in [-0.4, -0.2) is 40.7 Å². The third kappa shape index (κ3) is 3.29. The molecule has 0 unspecified atom stereocenters. The molecule has 1 aliphatic heterocycles. The average Bonchev–Trinajstić information content (AvgIpc) is 3.20. The SMILES string of the molecule is Cc1cccc(-c2nnc(C3=C(N)N(C)CC(c4ccc(C=O)cc4)=N3)o2)c1. The van der Waals surface area contributed by atoms with Crippen molar-refractivity contribution in [3.63, 3.8) is 0 Å². The molecule has 4 rings (SSSR count). The minimum Gasteiger partial charge on any atom is -0.414 e. The second-order valence-corrected chi connectivity index (χ2v) is 6.67. The van der Waals surface area contributed by atoms with Gasteiger partial charge in [-0.25, -0.2) is 4.99 Å². The Balaban J connectivity index is 1.72. The van der Waals surface area contributed by atoms with Crippen LogP contribution in [0.2, 0.25) is 0 Å². The maximum absolute atomic E-state index is 10.9. The van der Waals surface area contributed by atoms with Crippen LogP contribution in [0.4, 0.5) is 0 Å². The van der Waals surface area contributed by atoms with Crippen molar-refractivity contribution in [2.24, 2.45) is 10.7 Å². The first-order chi connectivity index (χ1) is 13.5. The number of nitrogens with two attached hydrogens (primary N) is 1. The van der Waals surface area contributed by atoms with Crippen LogP contribution < -0.4 is 5.73 Å². The van der Waals surface area contributed by atoms with Gasteiger partial charge in [-0.2, -0.15) is 0 Å². The van der Waals surface area contributed by atoms with Gasteiger partial charge in [0.2, 0.25) is 5.89 Å². The summed E-state index contributed by atoms with van der Waals surface area (Å²) >= 11 is 0. The number of aryl methyl sites for hydroxylation is 1. The fourth-order valence-electron chi connectivity index (χ4n) is 3.00. The number of hydrogen-bond acceptors (Lipinski definition) is 7. The van der Waals surface area contributed by atoms with Crippen molar-refractivity contribution in [3.8, 4) is 11.5 Å². The van der Waals surface area contributed by atoms with E-state index in [1.54, 1.807) is 12.1 Å². The number of nitrogens with zero attached hydrogens (tertiary/aromatic N) is 4. The Hall–Kier alpha value is -3.74. The predicted octanol–water partition coefficient (Wildman–Crippen LogP) is 2.88. The second kappa shape index (κ2) is 7.11. The van der Waals surface area contributed by atoms with Gasteiger partial charge in [0.25, 0.3) is 5.89 Å². The first-order valence-electron chi connectivity index (χ1n) is 8.80. The topological polar surface area (TPSA) is 97.6 Å². The number of aldehydes is 1. The van der Waals surface area contributed by atoms with Crippen molar-refractivity contribution in [3.05, 3.63) is 76.9 Å². The molecule has 28 heavy (non-hydrogen) atoms. The zero-order valence-electron chi connectivity index (χ0n) is 15.6. The summed E-state index contributed by atoms with van der Waals surface area (Å²) in [4.78, 5) is 17.4. The summed E-state index contributed by atoms with van der Waals surface area (Å²) in [6.07, 6.45) is 0.813. The maximum atomic E-state index is 10.9. The summed E-state index contributed by atoms with van der Waals surface area (Å²) in [5.41, 5.74) is 10.9. The van der Waals surface area contributed by atoms with Crippen LogP contribution in [0, 0.1) is 6.92 Å². The Morgan fingerprint density at radius 2 is 1.82 bits per heavy atom. The van der Waals surface area contributed by atoms with Crippen molar-refractivity contribution in [1.82, 2.24) is 15.1 Å². The van der Waals surface area contributed by atoms with E-state index in [0.29, 0.717) is 29.5 Å². The summed E-state index contributed by atoms with van der Waals surface area (Å²) < 4.78 is 5.86. The van der Waals surface area contributed by atoms with E-state index in [-0.39, 0.29) is 5.89 Å². The van der Waals surface area contributed by atoms with Gasteiger partial charge in [-0.3, -0.25) is 4.79 Å². The molecule has 0 fully saturated rings. The van der Waals surface area contributed by atoms with Gasteiger partial charge in [-0.05, 0) is 24.6 Å². The molecule has 0 radical (unpaired) electrons. The van der Waals surface area contributed by atoms with Crippen LogP contribution >= 0.6 is 0 Å². The van der Waals surface area contributed by atoms with Gasteiger partial charge in [0.05, 0.1) is 12.3 Å². The number of likely N-dealkylation sites (N-methyl/N-ethyl adjacent to an activating group) is 1. The molecule has 0 saturated carbocycles. The zero-order chi connectivity index (χ0) is 19.7. The lowest BCUT2D eigenvalue weighted by Crippen LogP contribution is -2.34. The van der Waals surface area contributed by atoms with E-state index in [1.165, 1.54) is 0 Å². The molecule has 2 N–H and O–H groups in total. The minimum absolute atomic E-state index is 0.266. The fraction of sp³-hybridized carbons (Fsp3) is 0.143. The van der Waals surface area contributed by atoms with Gasteiger partial charge in [0.1, 0.15) is 12.1 Å². The average molecular weight is 373 g/mol. The van der Waals surface area contributed by atoms with Crippen molar-refractivity contribution in [1.29, 1.82) is 0 Å². The molecule has 0 atom stereocenters. The highest BCUT2D eigenvalue weighted by Crippen LogP contribution is 2.27. The first-order valence-corrected chi connectivity index (χ1v) is 8.80. The van der Waals surface area contributed by atoms with E-state index in [0.717, 1.165) is 28.7 Å². The van der Waals surface area contributed by atoms with E-state index < -0.39 is 0 Å². The maximum Gasteiger partial charge on any atom is 0.270 e. The predicted molar refractivity (Wildman–Crippen MR) is 107 cm³/mol. The summed E-state index contributed by atoms with van der Waals surface area (Å²) in [7, 11) is 1.88. The Morgan fingerprint density at radius 3 is 2.54 bits per heavy atom. The van der Waals surface area contributed by atoms with Gasteiger partial charge in [-0.1, -0.05) is 42.0 Å². The highest BCUT2D eigenvalue weighted by molar-refractivity contribution is 6.06. The van der Waals surface area contributed by atoms with E-state index in [1.807, 2.05) is 55.3 Å². The van der Waals surface area contributed by atoms with Crippen LogP contribution in [0.1, 0.15) is 27.4 Å². The summed E-state index contributed by atoms with van der Waals surface area (Å²) in [5.74, 6) is 1.15. The normalized spacial score (nSPS) is 14.2. The molecular formula is C21H19N5O2. The number of aliphatic imine (C=N–C) groups is 1. The van der Waals surface area contributed by atoms with Crippen molar-refractivity contribution in [2.75, 3.05) is 13.6 Å². The fourth-order valence-corrected chi connectivity index (χ4v) is 3.00. The second-order valence-electron chi connectivity index (χ2n) is 6.67. The largest absolute Gasteiger partial charge is 0.414 e. The van der Waals surface area contributed by atoms with Crippen molar-refractivity contribution < 1.29 is 9.21 Å². The molecule has 0 aliphatic carbocycles. The first kappa shape index (κ1) is 17.7. The molecule has 0 amide bonds. The van der Waals surface area contributed by atoms with Crippen LogP contribution in [0.25, 0.3) is 17.2 Å². The highest BCUT2D eigenvalue weighted by atomic mass is 16.4. The lowest BCUT2D eigenvalue weighted by atomic mass is 10.1. The quantitative estimate of drug-likeness (QED) is 0.706. The zero-order valence-corrected chi connectivity index (χ0v) is 15.6. The van der Waals surface area contributed by atoms with E-state index >= 15 is 0 Å². The van der Waals surface area contributed by atoms with Crippen molar-refractivity contribution >= 4 is 17.7 Å². The molecule has 2 heterocycles. The van der Waals surface area contributed by atoms with E-state index in [2.05, 4.69) is 15.2 Å². The molecule has 140 valence electrons. The van der Waals surface area contributed by atoms with Crippen LogP contribution in [0.5, 0.6) is 0 Å². The number of carbonyl (C=O) groups is 1. The van der Waals surface area contributed by atoms with Crippen LogP contribution in [0.3, 0.4) is 0 Å². The number of aromatic nitrogens is 2. The summed E-state index contributed by atoms with van der Waals surface area (Å²) in [6, 6.07) is 15.1. The minimum atomic E-state index is 0.266. The molecule has 7 heteroatoms. The third-order valence-corrected chi connectivity index (χ3v) is 4.56. The third-order valence-electron chi connectivity index (χ3n) is 4.56. The number of hydrogen-bond donors (Lipinski definition) is 1.